The number of sulfonamides is 1. The molecule has 7 heteroatoms. The van der Waals surface area contributed by atoms with Gasteiger partial charge in [-0.25, -0.2) is 8.42 Å². The lowest BCUT2D eigenvalue weighted by atomic mass is 10.1. The van der Waals surface area contributed by atoms with E-state index in [2.05, 4.69) is 4.72 Å². The Kier molecular flexibility index (Phi) is 5.38. The normalized spacial score (nSPS) is 11.2. The molecule has 0 amide bonds. The second-order valence-corrected chi connectivity index (χ2v) is 6.35. The van der Waals surface area contributed by atoms with E-state index in [1.54, 1.807) is 32.9 Å². The van der Waals surface area contributed by atoms with Gasteiger partial charge in [0.15, 0.2) is 0 Å². The Morgan fingerprint density at radius 3 is 2.35 bits per heavy atom. The molecule has 1 rings (SSSR count). The van der Waals surface area contributed by atoms with E-state index in [0.717, 1.165) is 11.1 Å². The minimum absolute atomic E-state index is 0.170. The van der Waals surface area contributed by atoms with Crippen molar-refractivity contribution in [2.24, 2.45) is 0 Å². The maximum absolute atomic E-state index is 11.9. The molecule has 0 fully saturated rings. The number of nitrogens with two attached hydrogens (primary N) is 1. The minimum atomic E-state index is -3.60. The van der Waals surface area contributed by atoms with Crippen molar-refractivity contribution in [1.82, 2.24) is 0 Å². The number of nitrogens with one attached hydrogen (secondary N) is 1. The molecular formula is C13H20N2O4S. The van der Waals surface area contributed by atoms with Gasteiger partial charge in [0, 0.05) is 5.69 Å². The SMILES string of the molecule is CCOC(=O)CCS(=O)(=O)Nc1c(C)cc(N)cc1C. The molecule has 0 aliphatic heterocycles. The van der Waals surface area contributed by atoms with Crippen LogP contribution in [0.2, 0.25) is 0 Å². The van der Waals surface area contributed by atoms with Crippen LogP contribution in [0.1, 0.15) is 24.5 Å². The molecule has 0 saturated carbocycles. The zero-order chi connectivity index (χ0) is 15.3. The van der Waals surface area contributed by atoms with E-state index in [0.29, 0.717) is 11.4 Å². The van der Waals surface area contributed by atoms with E-state index in [-0.39, 0.29) is 18.8 Å². The van der Waals surface area contributed by atoms with Gasteiger partial charge in [0.2, 0.25) is 10.0 Å². The summed E-state index contributed by atoms with van der Waals surface area (Å²) in [6, 6.07) is 3.38. The van der Waals surface area contributed by atoms with E-state index >= 15 is 0 Å². The lowest BCUT2D eigenvalue weighted by Gasteiger charge is -2.14. The Balaban J connectivity index is 2.79. The standard InChI is InChI=1S/C13H20N2O4S/c1-4-19-12(16)5-6-20(17,18)15-13-9(2)7-11(14)8-10(13)3/h7-8,15H,4-6,14H2,1-3H3. The number of carbonyl (C=O) groups is 1. The molecule has 0 heterocycles. The van der Waals surface area contributed by atoms with Gasteiger partial charge in [-0.2, -0.15) is 0 Å². The maximum Gasteiger partial charge on any atom is 0.306 e. The molecule has 0 unspecified atom stereocenters. The molecule has 20 heavy (non-hydrogen) atoms. The van der Waals surface area contributed by atoms with Gasteiger partial charge in [-0.05, 0) is 44.0 Å². The molecule has 0 aliphatic rings. The van der Waals surface area contributed by atoms with Crippen LogP contribution in [0, 0.1) is 13.8 Å². The van der Waals surface area contributed by atoms with Crippen LogP contribution in [0.3, 0.4) is 0 Å². The molecule has 1 aromatic rings. The van der Waals surface area contributed by atoms with Crippen molar-refractivity contribution in [1.29, 1.82) is 0 Å². The quantitative estimate of drug-likeness (QED) is 0.614. The fourth-order valence-electron chi connectivity index (χ4n) is 1.82. The van der Waals surface area contributed by atoms with E-state index in [4.69, 9.17) is 10.5 Å². The number of benzene rings is 1. The third-order valence-corrected chi connectivity index (χ3v) is 3.95. The second kappa shape index (κ2) is 6.60. The molecule has 0 aliphatic carbocycles. The maximum atomic E-state index is 11.9. The van der Waals surface area contributed by atoms with Gasteiger partial charge in [-0.15, -0.1) is 0 Å². The molecule has 0 saturated heterocycles. The average molecular weight is 300 g/mol. The van der Waals surface area contributed by atoms with Crippen LogP contribution in [0.15, 0.2) is 12.1 Å². The van der Waals surface area contributed by atoms with E-state index in [9.17, 15) is 13.2 Å². The third kappa shape index (κ3) is 4.73. The van der Waals surface area contributed by atoms with Gasteiger partial charge in [0.25, 0.3) is 0 Å². The first-order valence-electron chi connectivity index (χ1n) is 6.28. The van der Waals surface area contributed by atoms with Crippen molar-refractivity contribution in [3.63, 3.8) is 0 Å². The van der Waals surface area contributed by atoms with Crippen LogP contribution in [-0.4, -0.2) is 26.7 Å². The first-order valence-corrected chi connectivity index (χ1v) is 7.93. The molecule has 1 aromatic carbocycles. The first-order chi connectivity index (χ1) is 9.25. The summed E-state index contributed by atoms with van der Waals surface area (Å²) in [4.78, 5) is 11.2. The van der Waals surface area contributed by atoms with Gasteiger partial charge in [-0.1, -0.05) is 0 Å². The Bertz CT molecular complexity index is 573. The van der Waals surface area contributed by atoms with Gasteiger partial charge < -0.3 is 10.5 Å². The monoisotopic (exact) mass is 300 g/mol. The number of carbonyl (C=O) groups excluding carboxylic acids is 1. The predicted molar refractivity (Wildman–Crippen MR) is 79.0 cm³/mol. The number of hydrogen-bond acceptors (Lipinski definition) is 5. The van der Waals surface area contributed by atoms with Crippen molar-refractivity contribution in [3.05, 3.63) is 23.3 Å². The van der Waals surface area contributed by atoms with Crippen LogP contribution in [0.5, 0.6) is 0 Å². The number of ether oxygens (including phenoxy) is 1. The van der Waals surface area contributed by atoms with Crippen LogP contribution in [0.4, 0.5) is 11.4 Å². The number of aryl methyl sites for hydroxylation is 2. The van der Waals surface area contributed by atoms with Crippen molar-refractivity contribution in [2.45, 2.75) is 27.2 Å². The highest BCUT2D eigenvalue weighted by molar-refractivity contribution is 7.92. The number of rotatable bonds is 6. The highest BCUT2D eigenvalue weighted by Gasteiger charge is 2.16. The Morgan fingerprint density at radius 1 is 1.30 bits per heavy atom. The number of hydrogen-bond donors (Lipinski definition) is 2. The van der Waals surface area contributed by atoms with Crippen LogP contribution < -0.4 is 10.5 Å². The van der Waals surface area contributed by atoms with Gasteiger partial charge >= 0.3 is 5.97 Å². The number of anilines is 2. The van der Waals surface area contributed by atoms with Gasteiger partial charge in [-0.3, -0.25) is 9.52 Å². The summed E-state index contributed by atoms with van der Waals surface area (Å²) in [5, 5.41) is 0. The van der Waals surface area contributed by atoms with Crippen molar-refractivity contribution in [3.8, 4) is 0 Å². The molecule has 0 bridgehead atoms. The largest absolute Gasteiger partial charge is 0.466 e. The topological polar surface area (TPSA) is 98.5 Å². The van der Waals surface area contributed by atoms with E-state index in [1.165, 1.54) is 0 Å². The van der Waals surface area contributed by atoms with Crippen LogP contribution in [0.25, 0.3) is 0 Å². The zero-order valence-electron chi connectivity index (χ0n) is 11.9. The lowest BCUT2D eigenvalue weighted by molar-refractivity contribution is -0.142. The molecule has 3 N–H and O–H groups in total. The van der Waals surface area contributed by atoms with Crippen LogP contribution in [-0.2, 0) is 19.6 Å². The summed E-state index contributed by atoms with van der Waals surface area (Å²) >= 11 is 0. The smallest absolute Gasteiger partial charge is 0.306 e. The molecular weight excluding hydrogens is 280 g/mol. The van der Waals surface area contributed by atoms with E-state index < -0.39 is 16.0 Å². The van der Waals surface area contributed by atoms with E-state index in [1.807, 2.05) is 0 Å². The third-order valence-electron chi connectivity index (χ3n) is 2.69. The minimum Gasteiger partial charge on any atom is -0.466 e. The summed E-state index contributed by atoms with van der Waals surface area (Å²) < 4.78 is 31.1. The van der Waals surface area contributed by atoms with Crippen LogP contribution >= 0.6 is 0 Å². The first kappa shape index (κ1) is 16.3. The molecule has 0 atom stereocenters. The summed E-state index contributed by atoms with van der Waals surface area (Å²) in [6.07, 6.45) is -0.170. The predicted octanol–water partition coefficient (Wildman–Crippen LogP) is 1.58. The Hall–Kier alpha value is -1.76. The number of nitrogen functional groups attached to an aromatic ring is 1. The fourth-order valence-corrected chi connectivity index (χ4v) is 2.99. The van der Waals surface area contributed by atoms with Crippen molar-refractivity contribution in [2.75, 3.05) is 22.8 Å². The van der Waals surface area contributed by atoms with Gasteiger partial charge in [0.1, 0.15) is 0 Å². The van der Waals surface area contributed by atoms with Crippen molar-refractivity contribution >= 4 is 27.4 Å². The molecule has 0 radical (unpaired) electrons. The summed E-state index contributed by atoms with van der Waals surface area (Å²) in [6.45, 7) is 5.45. The molecule has 0 spiro atoms. The second-order valence-electron chi connectivity index (χ2n) is 4.51. The Morgan fingerprint density at radius 2 is 1.85 bits per heavy atom. The molecule has 0 aromatic heterocycles. The summed E-state index contributed by atoms with van der Waals surface area (Å²) in [5.41, 5.74) is 8.24. The molecule has 112 valence electrons. The van der Waals surface area contributed by atoms with Crippen molar-refractivity contribution < 1.29 is 17.9 Å². The Labute approximate surface area is 119 Å². The lowest BCUT2D eigenvalue weighted by Crippen LogP contribution is -2.21. The highest BCUT2D eigenvalue weighted by atomic mass is 32.2. The highest BCUT2D eigenvalue weighted by Crippen LogP contribution is 2.24. The zero-order valence-corrected chi connectivity index (χ0v) is 12.7. The average Bonchev–Trinajstić information content (AvgIpc) is 2.32. The van der Waals surface area contributed by atoms with Gasteiger partial charge in [0.05, 0.1) is 24.5 Å². The summed E-state index contributed by atoms with van der Waals surface area (Å²) in [5.74, 6) is -0.835. The summed E-state index contributed by atoms with van der Waals surface area (Å²) in [7, 11) is -3.60. The fraction of sp³-hybridized carbons (Fsp3) is 0.462. The number of esters is 1. The molecule has 6 nitrogen and oxygen atoms in total.